The summed E-state index contributed by atoms with van der Waals surface area (Å²) in [4.78, 5) is 4.36. The Balaban J connectivity index is 2.94. The van der Waals surface area contributed by atoms with Crippen LogP contribution in [0.3, 0.4) is 0 Å². The number of hydrogen-bond donors (Lipinski definition) is 1. The van der Waals surface area contributed by atoms with Crippen molar-refractivity contribution < 1.29 is 19.9 Å². The molecule has 0 atom stereocenters. The van der Waals surface area contributed by atoms with Crippen LogP contribution in [0.15, 0.2) is 18.2 Å². The van der Waals surface area contributed by atoms with E-state index in [1.807, 2.05) is 19.9 Å². The van der Waals surface area contributed by atoms with Gasteiger partial charge in [0.1, 0.15) is 11.8 Å². The molecule has 5 nitrogen and oxygen atoms in total. The van der Waals surface area contributed by atoms with Gasteiger partial charge in [-0.25, -0.2) is 5.26 Å². The van der Waals surface area contributed by atoms with Gasteiger partial charge >= 0.3 is 0 Å². The van der Waals surface area contributed by atoms with Crippen molar-refractivity contribution in [3.63, 3.8) is 0 Å². The third-order valence-corrected chi connectivity index (χ3v) is 1.57. The molecule has 0 aromatic heterocycles. The lowest BCUT2D eigenvalue weighted by Gasteiger charge is -2.11. The quantitative estimate of drug-likeness (QED) is 0.607. The number of rotatable bonds is 4. The van der Waals surface area contributed by atoms with E-state index in [1.165, 1.54) is 12.1 Å². The molecule has 0 aliphatic rings. The minimum atomic E-state index is -0.0158. The Labute approximate surface area is 87.3 Å². The molecule has 15 heavy (non-hydrogen) atoms. The van der Waals surface area contributed by atoms with Gasteiger partial charge < -0.3 is 9.62 Å². The predicted molar refractivity (Wildman–Crippen MR) is 51.3 cm³/mol. The van der Waals surface area contributed by atoms with E-state index in [-0.39, 0.29) is 11.9 Å². The second-order valence-electron chi connectivity index (χ2n) is 3.09. The van der Waals surface area contributed by atoms with Crippen LogP contribution in [0.5, 0.6) is 11.5 Å². The summed E-state index contributed by atoms with van der Waals surface area (Å²) in [5.74, 6) is 0.697. The van der Waals surface area contributed by atoms with Gasteiger partial charge in [-0.3, -0.25) is 0 Å². The minimum Gasteiger partial charge on any atom is -0.490 e. The summed E-state index contributed by atoms with van der Waals surface area (Å²) >= 11 is 0. The van der Waals surface area contributed by atoms with E-state index in [0.717, 1.165) is 0 Å². The van der Waals surface area contributed by atoms with Gasteiger partial charge in [-0.1, -0.05) is 0 Å². The maximum Gasteiger partial charge on any atom is 0.170 e. The van der Waals surface area contributed by atoms with Gasteiger partial charge in [-0.05, 0) is 31.0 Å². The first kappa shape index (κ1) is 11.3. The Morgan fingerprint density at radius 1 is 1.40 bits per heavy atom. The Kier molecular flexibility index (Phi) is 3.92. The van der Waals surface area contributed by atoms with Crippen molar-refractivity contribution in [2.24, 2.45) is 0 Å². The normalized spacial score (nSPS) is 9.80. The number of nitrogens with zero attached hydrogens (tertiary/aromatic N) is 1. The van der Waals surface area contributed by atoms with Gasteiger partial charge in [-0.15, -0.1) is 0 Å². The van der Waals surface area contributed by atoms with Crippen molar-refractivity contribution in [1.29, 1.82) is 5.26 Å². The maximum absolute atomic E-state index is 8.84. The zero-order chi connectivity index (χ0) is 11.3. The summed E-state index contributed by atoms with van der Waals surface area (Å²) in [5.41, 5.74) is 0.318. The standard InChI is InChI=1S/C10H11NO4/c1-7(2)13-10-4-3-9(14-15-12)5-8(10)6-11/h3-5,7,12H,1-2H3. The van der Waals surface area contributed by atoms with Gasteiger partial charge in [0, 0.05) is 6.07 Å². The summed E-state index contributed by atoms with van der Waals surface area (Å²) in [6.07, 6.45) is -0.0158. The van der Waals surface area contributed by atoms with Crippen LogP contribution in [0.25, 0.3) is 0 Å². The molecule has 5 heteroatoms. The molecule has 0 spiro atoms. The van der Waals surface area contributed by atoms with Gasteiger partial charge in [-0.2, -0.15) is 5.26 Å². The molecule has 0 saturated carbocycles. The highest BCUT2D eigenvalue weighted by Gasteiger charge is 2.07. The number of ether oxygens (including phenoxy) is 1. The van der Waals surface area contributed by atoms with E-state index in [4.69, 9.17) is 15.3 Å². The molecule has 0 saturated heterocycles. The summed E-state index contributed by atoms with van der Waals surface area (Å²) < 4.78 is 5.39. The first-order chi connectivity index (χ1) is 7.17. The lowest BCUT2D eigenvalue weighted by molar-refractivity contribution is -0.438. The number of hydrogen-bond acceptors (Lipinski definition) is 5. The molecule has 0 aliphatic carbocycles. The molecule has 0 amide bonds. The van der Waals surface area contributed by atoms with Crippen LogP contribution in [-0.4, -0.2) is 11.4 Å². The topological polar surface area (TPSA) is 71.7 Å². The number of benzene rings is 1. The zero-order valence-electron chi connectivity index (χ0n) is 8.43. The highest BCUT2D eigenvalue weighted by molar-refractivity contribution is 5.47. The summed E-state index contributed by atoms with van der Waals surface area (Å²) in [6, 6.07) is 6.47. The molecule has 80 valence electrons. The van der Waals surface area contributed by atoms with E-state index in [9.17, 15) is 0 Å². The van der Waals surface area contributed by atoms with Gasteiger partial charge in [0.2, 0.25) is 0 Å². The lowest BCUT2D eigenvalue weighted by atomic mass is 10.2. The van der Waals surface area contributed by atoms with Crippen molar-refractivity contribution in [1.82, 2.24) is 0 Å². The second-order valence-corrected chi connectivity index (χ2v) is 3.09. The monoisotopic (exact) mass is 209 g/mol. The van der Waals surface area contributed by atoms with Crippen molar-refractivity contribution in [2.45, 2.75) is 20.0 Å². The molecule has 0 aliphatic heterocycles. The van der Waals surface area contributed by atoms with Crippen molar-refractivity contribution in [3.8, 4) is 17.6 Å². The van der Waals surface area contributed by atoms with E-state index in [2.05, 4.69) is 9.93 Å². The Bertz CT molecular complexity index is 370. The second kappa shape index (κ2) is 5.20. The smallest absolute Gasteiger partial charge is 0.170 e. The summed E-state index contributed by atoms with van der Waals surface area (Å²) in [5, 5.41) is 20.4. The molecule has 0 unspecified atom stereocenters. The van der Waals surface area contributed by atoms with Crippen LogP contribution in [0.1, 0.15) is 19.4 Å². The third-order valence-electron chi connectivity index (χ3n) is 1.57. The van der Waals surface area contributed by atoms with Crippen LogP contribution < -0.4 is 9.62 Å². The van der Waals surface area contributed by atoms with Crippen molar-refractivity contribution in [3.05, 3.63) is 23.8 Å². The Morgan fingerprint density at radius 2 is 2.13 bits per heavy atom. The van der Waals surface area contributed by atoms with E-state index in [0.29, 0.717) is 11.3 Å². The Hall–Kier alpha value is -1.77. The first-order valence-corrected chi connectivity index (χ1v) is 4.36. The molecule has 0 fully saturated rings. The van der Waals surface area contributed by atoms with Crippen LogP contribution in [-0.2, 0) is 5.04 Å². The molecule has 0 heterocycles. The average Bonchev–Trinajstić information content (AvgIpc) is 2.20. The molecule has 1 N–H and O–H groups in total. The lowest BCUT2D eigenvalue weighted by Crippen LogP contribution is -2.06. The predicted octanol–water partition coefficient (Wildman–Crippen LogP) is 2.13. The van der Waals surface area contributed by atoms with E-state index < -0.39 is 0 Å². The molecular formula is C10H11NO4. The van der Waals surface area contributed by atoms with Crippen molar-refractivity contribution in [2.75, 3.05) is 0 Å². The maximum atomic E-state index is 8.84. The van der Waals surface area contributed by atoms with Gasteiger partial charge in [0.15, 0.2) is 5.75 Å². The van der Waals surface area contributed by atoms with Crippen LogP contribution >= 0.6 is 0 Å². The van der Waals surface area contributed by atoms with Crippen LogP contribution in [0.2, 0.25) is 0 Å². The van der Waals surface area contributed by atoms with Crippen LogP contribution in [0.4, 0.5) is 0 Å². The molecular weight excluding hydrogens is 198 g/mol. The van der Waals surface area contributed by atoms with Crippen LogP contribution in [0, 0.1) is 11.3 Å². The highest BCUT2D eigenvalue weighted by atomic mass is 17.5. The van der Waals surface area contributed by atoms with Gasteiger partial charge in [0.25, 0.3) is 0 Å². The average molecular weight is 209 g/mol. The molecule has 1 rings (SSSR count). The largest absolute Gasteiger partial charge is 0.490 e. The fourth-order valence-corrected chi connectivity index (χ4v) is 1.05. The first-order valence-electron chi connectivity index (χ1n) is 4.36. The molecule has 1 aromatic carbocycles. The summed E-state index contributed by atoms with van der Waals surface area (Å²) in [6.45, 7) is 3.73. The molecule has 0 radical (unpaired) electrons. The Morgan fingerprint density at radius 3 is 2.67 bits per heavy atom. The fraction of sp³-hybridized carbons (Fsp3) is 0.300. The SMILES string of the molecule is CC(C)Oc1ccc(OOO)cc1C#N. The minimum absolute atomic E-state index is 0.0158. The van der Waals surface area contributed by atoms with Crippen molar-refractivity contribution >= 4 is 0 Å². The molecule has 0 bridgehead atoms. The number of nitriles is 1. The third kappa shape index (κ3) is 3.13. The van der Waals surface area contributed by atoms with Gasteiger partial charge in [0.05, 0.1) is 11.7 Å². The van der Waals surface area contributed by atoms with E-state index >= 15 is 0 Å². The zero-order valence-corrected chi connectivity index (χ0v) is 8.43. The fourth-order valence-electron chi connectivity index (χ4n) is 1.05. The summed E-state index contributed by atoms with van der Waals surface area (Å²) in [7, 11) is 0. The molecule has 1 aromatic rings. The highest BCUT2D eigenvalue weighted by Crippen LogP contribution is 2.24. The van der Waals surface area contributed by atoms with E-state index in [1.54, 1.807) is 6.07 Å².